The molecule has 1 aromatic carbocycles. The van der Waals surface area contributed by atoms with Gasteiger partial charge in [0.15, 0.2) is 0 Å². The highest BCUT2D eigenvalue weighted by Crippen LogP contribution is 2.31. The quantitative estimate of drug-likeness (QED) is 0.724. The Morgan fingerprint density at radius 3 is 2.65 bits per heavy atom. The molecule has 2 N–H and O–H groups in total. The Balaban J connectivity index is 1.90. The Morgan fingerprint density at radius 2 is 2.00 bits per heavy atom. The van der Waals surface area contributed by atoms with Gasteiger partial charge in [-0.15, -0.1) is 0 Å². The molecule has 0 radical (unpaired) electrons. The van der Waals surface area contributed by atoms with Crippen LogP contribution in [0.3, 0.4) is 0 Å². The Hall–Kier alpha value is -2.12. The monoisotopic (exact) mass is 431 g/mol. The largest absolute Gasteiger partial charge is 0.488 e. The average molecular weight is 432 g/mol. The lowest BCUT2D eigenvalue weighted by molar-refractivity contribution is -0.120. The van der Waals surface area contributed by atoms with Crippen LogP contribution in [0.1, 0.15) is 56.3 Å². The summed E-state index contributed by atoms with van der Waals surface area (Å²) in [6, 6.07) is 5.01. The van der Waals surface area contributed by atoms with Gasteiger partial charge in [0.1, 0.15) is 11.9 Å². The van der Waals surface area contributed by atoms with Crippen molar-refractivity contribution in [1.29, 1.82) is 0 Å². The smallest absolute Gasteiger partial charge is 0.258 e. The van der Waals surface area contributed by atoms with Crippen molar-refractivity contribution in [2.75, 3.05) is 39.1 Å². The first-order chi connectivity index (χ1) is 14.8. The number of ether oxygens (including phenoxy) is 1. The standard InChI is InChI=1S/C24H37N3O4/c1-16-13-27(17(2)15-28)24(30)20-12-19(25-23(29)18-8-6-5-7-9-18)10-11-21(20)31-22(16)14-26(3)4/h10-12,16-18,22,28H,5-9,13-15H2,1-4H3,(H,25,29)/t16-,17+,22+/m0/s1. The van der Waals surface area contributed by atoms with E-state index in [-0.39, 0.29) is 42.4 Å². The van der Waals surface area contributed by atoms with E-state index in [2.05, 4.69) is 17.1 Å². The molecule has 0 saturated heterocycles. The lowest BCUT2D eigenvalue weighted by Gasteiger charge is -2.37. The fraction of sp³-hybridized carbons (Fsp3) is 0.667. The summed E-state index contributed by atoms with van der Waals surface area (Å²) in [6.45, 7) is 5.03. The number of amides is 2. The zero-order chi connectivity index (χ0) is 22.5. The number of nitrogens with zero attached hydrogens (tertiary/aromatic N) is 2. The van der Waals surface area contributed by atoms with Crippen LogP contribution < -0.4 is 10.1 Å². The molecule has 3 rings (SSSR count). The van der Waals surface area contributed by atoms with Crippen LogP contribution in [0.5, 0.6) is 5.75 Å². The summed E-state index contributed by atoms with van der Waals surface area (Å²) in [5, 5.41) is 12.7. The summed E-state index contributed by atoms with van der Waals surface area (Å²) >= 11 is 0. The molecule has 7 nitrogen and oxygen atoms in total. The first-order valence-electron chi connectivity index (χ1n) is 11.5. The maximum absolute atomic E-state index is 13.4. The normalized spacial score (nSPS) is 23.5. The minimum Gasteiger partial charge on any atom is -0.488 e. The molecule has 3 atom stereocenters. The summed E-state index contributed by atoms with van der Waals surface area (Å²) in [5.41, 5.74) is 1.04. The number of carbonyl (C=O) groups excluding carboxylic acids is 2. The number of carbonyl (C=O) groups is 2. The molecule has 1 heterocycles. The summed E-state index contributed by atoms with van der Waals surface area (Å²) in [7, 11) is 4.00. The average Bonchev–Trinajstić information content (AvgIpc) is 2.76. The van der Waals surface area contributed by atoms with Gasteiger partial charge in [0.05, 0.1) is 18.2 Å². The molecular weight excluding hydrogens is 394 g/mol. The molecule has 0 unspecified atom stereocenters. The van der Waals surface area contributed by atoms with Crippen LogP contribution in [0.2, 0.25) is 0 Å². The Labute approximate surface area is 185 Å². The first kappa shape index (κ1) is 23.5. The van der Waals surface area contributed by atoms with Crippen LogP contribution in [0, 0.1) is 11.8 Å². The lowest BCUT2D eigenvalue weighted by atomic mass is 9.88. The first-order valence-corrected chi connectivity index (χ1v) is 11.5. The zero-order valence-corrected chi connectivity index (χ0v) is 19.3. The van der Waals surface area contributed by atoms with Crippen LogP contribution in [0.25, 0.3) is 0 Å². The van der Waals surface area contributed by atoms with Crippen molar-refractivity contribution in [2.24, 2.45) is 11.8 Å². The highest BCUT2D eigenvalue weighted by molar-refractivity contribution is 6.00. The van der Waals surface area contributed by atoms with E-state index in [0.29, 0.717) is 23.5 Å². The molecule has 1 aliphatic carbocycles. The molecule has 2 aliphatic rings. The molecule has 7 heteroatoms. The van der Waals surface area contributed by atoms with Crippen molar-refractivity contribution in [3.63, 3.8) is 0 Å². The number of aliphatic hydroxyl groups excluding tert-OH is 1. The van der Waals surface area contributed by atoms with Gasteiger partial charge < -0.3 is 25.0 Å². The molecule has 0 bridgehead atoms. The molecule has 0 spiro atoms. The Bertz CT molecular complexity index is 776. The van der Waals surface area contributed by atoms with E-state index in [1.807, 2.05) is 27.1 Å². The van der Waals surface area contributed by atoms with Crippen molar-refractivity contribution in [1.82, 2.24) is 9.80 Å². The molecular formula is C24H37N3O4. The molecule has 1 saturated carbocycles. The van der Waals surface area contributed by atoms with Gasteiger partial charge in [0, 0.05) is 30.6 Å². The number of benzene rings is 1. The summed E-state index contributed by atoms with van der Waals surface area (Å²) in [4.78, 5) is 29.9. The summed E-state index contributed by atoms with van der Waals surface area (Å²) in [6.07, 6.45) is 5.12. The summed E-state index contributed by atoms with van der Waals surface area (Å²) < 4.78 is 6.30. The number of hydrogen-bond donors (Lipinski definition) is 2. The van der Waals surface area contributed by atoms with Crippen molar-refractivity contribution in [3.8, 4) is 5.75 Å². The van der Waals surface area contributed by atoms with Gasteiger partial charge in [-0.05, 0) is 52.1 Å². The number of rotatable bonds is 6. The van der Waals surface area contributed by atoms with Gasteiger partial charge in [-0.3, -0.25) is 9.59 Å². The van der Waals surface area contributed by atoms with Gasteiger partial charge in [-0.2, -0.15) is 0 Å². The number of aliphatic hydroxyl groups is 1. The maximum Gasteiger partial charge on any atom is 0.258 e. The molecule has 1 aromatic rings. The molecule has 0 aromatic heterocycles. The number of hydrogen-bond acceptors (Lipinski definition) is 5. The molecule has 172 valence electrons. The minimum absolute atomic E-state index is 0.0264. The zero-order valence-electron chi connectivity index (χ0n) is 19.3. The third-order valence-electron chi connectivity index (χ3n) is 6.45. The van der Waals surface area contributed by atoms with E-state index in [1.54, 1.807) is 17.0 Å². The van der Waals surface area contributed by atoms with Gasteiger partial charge in [-0.25, -0.2) is 0 Å². The highest BCUT2D eigenvalue weighted by atomic mass is 16.5. The maximum atomic E-state index is 13.4. The van der Waals surface area contributed by atoms with Crippen molar-refractivity contribution >= 4 is 17.5 Å². The van der Waals surface area contributed by atoms with Gasteiger partial charge in [0.25, 0.3) is 5.91 Å². The van der Waals surface area contributed by atoms with Gasteiger partial charge in [-0.1, -0.05) is 26.2 Å². The lowest BCUT2D eigenvalue weighted by Crippen LogP contribution is -2.49. The third kappa shape index (κ3) is 5.77. The second-order valence-electron chi connectivity index (χ2n) is 9.42. The number of fused-ring (bicyclic) bond motifs is 1. The Kier molecular flexibility index (Phi) is 7.94. The molecule has 1 aliphatic heterocycles. The number of anilines is 1. The second-order valence-corrected chi connectivity index (χ2v) is 9.42. The fourth-order valence-corrected chi connectivity index (χ4v) is 4.49. The van der Waals surface area contributed by atoms with Crippen LogP contribution in [0.4, 0.5) is 5.69 Å². The van der Waals surface area contributed by atoms with E-state index in [9.17, 15) is 14.7 Å². The van der Waals surface area contributed by atoms with E-state index in [0.717, 1.165) is 32.2 Å². The van der Waals surface area contributed by atoms with Crippen LogP contribution >= 0.6 is 0 Å². The molecule has 31 heavy (non-hydrogen) atoms. The number of likely N-dealkylation sites (N-methyl/N-ethyl adjacent to an activating group) is 1. The van der Waals surface area contributed by atoms with Crippen LogP contribution in [-0.4, -0.2) is 72.7 Å². The third-order valence-corrected chi connectivity index (χ3v) is 6.45. The molecule has 2 amide bonds. The minimum atomic E-state index is -0.304. The van der Waals surface area contributed by atoms with E-state index in [1.165, 1.54) is 6.42 Å². The van der Waals surface area contributed by atoms with E-state index >= 15 is 0 Å². The highest BCUT2D eigenvalue weighted by Gasteiger charge is 2.33. The van der Waals surface area contributed by atoms with Crippen LogP contribution in [0.15, 0.2) is 18.2 Å². The topological polar surface area (TPSA) is 82.1 Å². The van der Waals surface area contributed by atoms with Crippen molar-refractivity contribution < 1.29 is 19.4 Å². The summed E-state index contributed by atoms with van der Waals surface area (Å²) in [5.74, 6) is 0.506. The molecule has 1 fully saturated rings. The SMILES string of the molecule is C[C@H](CO)N1C[C@H](C)[C@@H](CN(C)C)Oc2ccc(NC(=O)C3CCCCC3)cc2C1=O. The predicted molar refractivity (Wildman–Crippen MR) is 121 cm³/mol. The fourth-order valence-electron chi connectivity index (χ4n) is 4.49. The van der Waals surface area contributed by atoms with E-state index in [4.69, 9.17) is 4.74 Å². The van der Waals surface area contributed by atoms with Crippen LogP contribution in [-0.2, 0) is 4.79 Å². The van der Waals surface area contributed by atoms with Gasteiger partial charge in [0.2, 0.25) is 5.91 Å². The predicted octanol–water partition coefficient (Wildman–Crippen LogP) is 2.99. The Morgan fingerprint density at radius 1 is 1.29 bits per heavy atom. The second kappa shape index (κ2) is 10.5. The van der Waals surface area contributed by atoms with Crippen molar-refractivity contribution in [3.05, 3.63) is 23.8 Å². The van der Waals surface area contributed by atoms with Gasteiger partial charge >= 0.3 is 0 Å². The van der Waals surface area contributed by atoms with Crippen molar-refractivity contribution in [2.45, 2.75) is 58.1 Å². The number of nitrogens with one attached hydrogen (secondary N) is 1. The van der Waals surface area contributed by atoms with E-state index < -0.39 is 0 Å².